The molecule has 2 rings (SSSR count). The van der Waals surface area contributed by atoms with Gasteiger partial charge in [-0.3, -0.25) is 0 Å². The summed E-state index contributed by atoms with van der Waals surface area (Å²) in [6.45, 7) is 0.106. The van der Waals surface area contributed by atoms with E-state index in [0.717, 1.165) is 18.2 Å². The van der Waals surface area contributed by atoms with Gasteiger partial charge in [-0.15, -0.1) is 11.3 Å². The van der Waals surface area contributed by atoms with Gasteiger partial charge in [-0.1, -0.05) is 17.7 Å². The number of benzene rings is 1. The van der Waals surface area contributed by atoms with Crippen molar-refractivity contribution in [2.45, 2.75) is 6.61 Å². The summed E-state index contributed by atoms with van der Waals surface area (Å²) >= 11 is 9.71. The Morgan fingerprint density at radius 2 is 2.23 bits per heavy atom. The van der Waals surface area contributed by atoms with Crippen molar-refractivity contribution in [1.29, 1.82) is 0 Å². The molecule has 1 aromatic heterocycles. The molecule has 0 spiro atoms. The molecular weight excluding hydrogens is 319 g/mol. The number of hydrogen-bond donors (Lipinski definition) is 1. The van der Waals surface area contributed by atoms with Gasteiger partial charge in [0.05, 0.1) is 6.61 Å². The van der Waals surface area contributed by atoms with Gasteiger partial charge in [0, 0.05) is 23.6 Å². The van der Waals surface area contributed by atoms with Crippen LogP contribution in [0.25, 0.3) is 10.1 Å². The standard InChI is InChI=1S/C9H6ClIOS/c10-5-1-2-6-7(3-5)13-8(4-12)9(6)11/h1-3,12H,4H2. The fourth-order valence-corrected chi connectivity index (χ4v) is 3.58. The van der Waals surface area contributed by atoms with Gasteiger partial charge >= 0.3 is 0 Å². The van der Waals surface area contributed by atoms with E-state index >= 15 is 0 Å². The second-order valence-corrected chi connectivity index (χ2v) is 5.29. The average Bonchev–Trinajstić information content (AvgIpc) is 2.42. The summed E-state index contributed by atoms with van der Waals surface area (Å²) in [5.41, 5.74) is 0. The van der Waals surface area contributed by atoms with Gasteiger partial charge in [0.15, 0.2) is 0 Å². The number of hydrogen-bond acceptors (Lipinski definition) is 2. The Morgan fingerprint density at radius 3 is 2.92 bits per heavy atom. The molecule has 0 aliphatic heterocycles. The van der Waals surface area contributed by atoms with Crippen molar-refractivity contribution in [2.24, 2.45) is 0 Å². The van der Waals surface area contributed by atoms with E-state index in [0.29, 0.717) is 0 Å². The highest BCUT2D eigenvalue weighted by Gasteiger charge is 2.08. The van der Waals surface area contributed by atoms with Crippen LogP contribution >= 0.6 is 45.5 Å². The van der Waals surface area contributed by atoms with Crippen LogP contribution in [0.4, 0.5) is 0 Å². The summed E-state index contributed by atoms with van der Waals surface area (Å²) in [5, 5.41) is 11.0. The van der Waals surface area contributed by atoms with Gasteiger partial charge in [0.25, 0.3) is 0 Å². The SMILES string of the molecule is OCc1sc2cc(Cl)ccc2c1I. The lowest BCUT2D eigenvalue weighted by molar-refractivity contribution is 0.285. The lowest BCUT2D eigenvalue weighted by atomic mass is 10.2. The highest BCUT2D eigenvalue weighted by molar-refractivity contribution is 14.1. The van der Waals surface area contributed by atoms with Crippen LogP contribution < -0.4 is 0 Å². The fraction of sp³-hybridized carbons (Fsp3) is 0.111. The Labute approximate surface area is 98.5 Å². The van der Waals surface area contributed by atoms with E-state index < -0.39 is 0 Å². The van der Waals surface area contributed by atoms with Crippen molar-refractivity contribution in [2.75, 3.05) is 0 Å². The summed E-state index contributed by atoms with van der Waals surface area (Å²) < 4.78 is 2.28. The first kappa shape index (κ1) is 9.71. The molecular formula is C9H6ClIOS. The molecule has 1 aromatic carbocycles. The molecule has 1 N–H and O–H groups in total. The summed E-state index contributed by atoms with van der Waals surface area (Å²) in [5.74, 6) is 0. The fourth-order valence-electron chi connectivity index (χ4n) is 1.19. The van der Waals surface area contributed by atoms with Crippen LogP contribution in [0, 0.1) is 3.57 Å². The first-order valence-electron chi connectivity index (χ1n) is 3.69. The van der Waals surface area contributed by atoms with Crippen molar-refractivity contribution in [3.8, 4) is 0 Å². The Bertz CT molecular complexity index is 452. The van der Waals surface area contributed by atoms with Crippen molar-refractivity contribution in [3.05, 3.63) is 31.7 Å². The molecule has 1 nitrogen and oxygen atoms in total. The normalized spacial score (nSPS) is 11.0. The minimum Gasteiger partial charge on any atom is -0.391 e. The van der Waals surface area contributed by atoms with E-state index in [1.807, 2.05) is 18.2 Å². The van der Waals surface area contributed by atoms with Crippen molar-refractivity contribution < 1.29 is 5.11 Å². The molecule has 0 radical (unpaired) electrons. The zero-order chi connectivity index (χ0) is 9.42. The van der Waals surface area contributed by atoms with Gasteiger partial charge in [-0.2, -0.15) is 0 Å². The van der Waals surface area contributed by atoms with Gasteiger partial charge in [-0.05, 0) is 34.7 Å². The van der Waals surface area contributed by atoms with Crippen LogP contribution in [0.3, 0.4) is 0 Å². The minimum atomic E-state index is 0.106. The Morgan fingerprint density at radius 1 is 1.46 bits per heavy atom. The van der Waals surface area contributed by atoms with E-state index in [2.05, 4.69) is 22.6 Å². The van der Waals surface area contributed by atoms with E-state index in [9.17, 15) is 0 Å². The lowest BCUT2D eigenvalue weighted by Gasteiger charge is -1.91. The molecule has 1 heterocycles. The molecule has 2 aromatic rings. The molecule has 0 atom stereocenters. The smallest absolute Gasteiger partial charge is 0.0785 e. The molecule has 0 amide bonds. The summed E-state index contributed by atoms with van der Waals surface area (Å²) in [4.78, 5) is 1.01. The van der Waals surface area contributed by atoms with Gasteiger partial charge in [0.2, 0.25) is 0 Å². The highest BCUT2D eigenvalue weighted by Crippen LogP contribution is 2.33. The predicted molar refractivity (Wildman–Crippen MR) is 65.5 cm³/mol. The quantitative estimate of drug-likeness (QED) is 0.794. The molecule has 13 heavy (non-hydrogen) atoms. The van der Waals surface area contributed by atoms with Gasteiger partial charge in [0.1, 0.15) is 0 Å². The molecule has 0 fully saturated rings. The molecule has 0 saturated carbocycles. The van der Waals surface area contributed by atoms with E-state index in [1.165, 1.54) is 5.39 Å². The zero-order valence-corrected chi connectivity index (χ0v) is 10.3. The van der Waals surface area contributed by atoms with Crippen LogP contribution in [0.2, 0.25) is 5.02 Å². The first-order chi connectivity index (χ1) is 6.22. The number of aliphatic hydroxyl groups is 1. The Kier molecular flexibility index (Phi) is 2.78. The number of fused-ring (bicyclic) bond motifs is 1. The predicted octanol–water partition coefficient (Wildman–Crippen LogP) is 3.65. The van der Waals surface area contributed by atoms with Crippen molar-refractivity contribution in [1.82, 2.24) is 0 Å². The van der Waals surface area contributed by atoms with Gasteiger partial charge < -0.3 is 5.11 Å². The second kappa shape index (κ2) is 3.73. The summed E-state index contributed by atoms with van der Waals surface area (Å²) in [6.07, 6.45) is 0. The lowest BCUT2D eigenvalue weighted by Crippen LogP contribution is -1.78. The third-order valence-corrected chi connectivity index (χ3v) is 4.77. The van der Waals surface area contributed by atoms with Crippen molar-refractivity contribution >= 4 is 55.6 Å². The summed E-state index contributed by atoms with van der Waals surface area (Å²) in [7, 11) is 0. The molecule has 0 bridgehead atoms. The zero-order valence-electron chi connectivity index (χ0n) is 6.55. The molecule has 0 unspecified atom stereocenters. The highest BCUT2D eigenvalue weighted by atomic mass is 127. The van der Waals surface area contributed by atoms with Gasteiger partial charge in [-0.25, -0.2) is 0 Å². The largest absolute Gasteiger partial charge is 0.391 e. The Balaban J connectivity index is 2.76. The van der Waals surface area contributed by atoms with Crippen molar-refractivity contribution in [3.63, 3.8) is 0 Å². The molecule has 0 aliphatic carbocycles. The van der Waals surface area contributed by atoms with E-state index in [4.69, 9.17) is 16.7 Å². The van der Waals surface area contributed by atoms with E-state index in [-0.39, 0.29) is 6.61 Å². The average molecular weight is 325 g/mol. The summed E-state index contributed by atoms with van der Waals surface area (Å²) in [6, 6.07) is 5.80. The molecule has 0 aliphatic rings. The number of aliphatic hydroxyl groups excluding tert-OH is 1. The maximum atomic E-state index is 9.06. The van der Waals surface area contributed by atoms with Crippen LogP contribution in [0.15, 0.2) is 18.2 Å². The van der Waals surface area contributed by atoms with E-state index in [1.54, 1.807) is 11.3 Å². The number of rotatable bonds is 1. The van der Waals surface area contributed by atoms with Crippen LogP contribution in [0.1, 0.15) is 4.88 Å². The maximum Gasteiger partial charge on any atom is 0.0785 e. The maximum absolute atomic E-state index is 9.06. The minimum absolute atomic E-state index is 0.106. The van der Waals surface area contributed by atoms with Crippen LogP contribution in [-0.4, -0.2) is 5.11 Å². The molecule has 4 heteroatoms. The molecule has 68 valence electrons. The number of thiophene rings is 1. The third-order valence-electron chi connectivity index (χ3n) is 1.80. The third kappa shape index (κ3) is 1.70. The monoisotopic (exact) mass is 324 g/mol. The number of halogens is 2. The second-order valence-electron chi connectivity index (χ2n) is 2.64. The first-order valence-corrected chi connectivity index (χ1v) is 5.97. The Hall–Kier alpha value is 0.160. The van der Waals surface area contributed by atoms with Crippen LogP contribution in [0.5, 0.6) is 0 Å². The molecule has 0 saturated heterocycles. The topological polar surface area (TPSA) is 20.2 Å². The van der Waals surface area contributed by atoms with Crippen LogP contribution in [-0.2, 0) is 6.61 Å².